The number of hydrogen-bond acceptors (Lipinski definition) is 4. The highest BCUT2D eigenvalue weighted by atomic mass is 16.7. The summed E-state index contributed by atoms with van der Waals surface area (Å²) in [5.74, 6) is 1.76. The Balaban J connectivity index is 1.32. The first-order valence-electron chi connectivity index (χ1n) is 8.72. The van der Waals surface area contributed by atoms with Crippen molar-refractivity contribution in [3.63, 3.8) is 0 Å². The van der Waals surface area contributed by atoms with Gasteiger partial charge in [0.15, 0.2) is 11.5 Å². The van der Waals surface area contributed by atoms with Crippen LogP contribution in [0.2, 0.25) is 0 Å². The van der Waals surface area contributed by atoms with Crippen molar-refractivity contribution < 1.29 is 19.0 Å². The zero-order valence-corrected chi connectivity index (χ0v) is 14.7. The summed E-state index contributed by atoms with van der Waals surface area (Å²) in [6.45, 7) is 1.08. The van der Waals surface area contributed by atoms with E-state index in [1.165, 1.54) is 0 Å². The third-order valence-electron chi connectivity index (χ3n) is 4.27. The Kier molecular flexibility index (Phi) is 4.92. The lowest BCUT2D eigenvalue weighted by atomic mass is 10.1. The van der Waals surface area contributed by atoms with E-state index < -0.39 is 0 Å². The van der Waals surface area contributed by atoms with Gasteiger partial charge < -0.3 is 19.5 Å². The van der Waals surface area contributed by atoms with Gasteiger partial charge in [0.2, 0.25) is 6.79 Å². The molecule has 3 aromatic rings. The van der Waals surface area contributed by atoms with Crippen LogP contribution in [0.25, 0.3) is 0 Å². The molecule has 5 heteroatoms. The normalized spacial score (nSPS) is 11.9. The zero-order chi connectivity index (χ0) is 18.5. The highest BCUT2D eigenvalue weighted by Crippen LogP contribution is 2.35. The van der Waals surface area contributed by atoms with Crippen LogP contribution >= 0.6 is 0 Å². The predicted molar refractivity (Wildman–Crippen MR) is 101 cm³/mol. The summed E-state index contributed by atoms with van der Waals surface area (Å²) >= 11 is 0. The molecule has 1 aliphatic heterocycles. The summed E-state index contributed by atoms with van der Waals surface area (Å²) in [4.78, 5) is 12.4. The quantitative estimate of drug-likeness (QED) is 0.723. The van der Waals surface area contributed by atoms with E-state index >= 15 is 0 Å². The third kappa shape index (κ3) is 4.03. The van der Waals surface area contributed by atoms with Gasteiger partial charge in [0.05, 0.1) is 5.56 Å². The smallest absolute Gasteiger partial charge is 0.255 e. The van der Waals surface area contributed by atoms with Crippen molar-refractivity contribution in [2.24, 2.45) is 0 Å². The van der Waals surface area contributed by atoms with Gasteiger partial charge in [-0.25, -0.2) is 0 Å². The molecule has 0 radical (unpaired) electrons. The summed E-state index contributed by atoms with van der Waals surface area (Å²) in [5, 5.41) is 2.92. The first-order chi connectivity index (χ1) is 13.3. The fourth-order valence-corrected chi connectivity index (χ4v) is 2.82. The molecule has 0 spiro atoms. The fourth-order valence-electron chi connectivity index (χ4n) is 2.82. The molecule has 0 fully saturated rings. The number of nitrogens with one attached hydrogen (secondary N) is 1. The number of benzene rings is 3. The number of carbonyl (C=O) groups excluding carboxylic acids is 1. The van der Waals surface area contributed by atoms with Crippen LogP contribution in [-0.2, 0) is 13.2 Å². The van der Waals surface area contributed by atoms with Crippen molar-refractivity contribution in [3.05, 3.63) is 89.5 Å². The predicted octanol–water partition coefficient (Wildman–Crippen LogP) is 3.92. The number of para-hydroxylation sites is 2. The molecule has 27 heavy (non-hydrogen) atoms. The van der Waals surface area contributed by atoms with Crippen LogP contribution in [0.4, 0.5) is 0 Å². The number of carbonyl (C=O) groups is 1. The van der Waals surface area contributed by atoms with Gasteiger partial charge in [-0.1, -0.05) is 48.5 Å². The van der Waals surface area contributed by atoms with E-state index in [0.717, 1.165) is 16.9 Å². The summed E-state index contributed by atoms with van der Waals surface area (Å²) in [6, 6.07) is 23.0. The molecule has 0 atom stereocenters. The Bertz CT molecular complexity index is 923. The van der Waals surface area contributed by atoms with Crippen LogP contribution in [0.5, 0.6) is 17.2 Å². The lowest BCUT2D eigenvalue weighted by Gasteiger charge is -2.09. The van der Waals surface area contributed by atoms with E-state index in [4.69, 9.17) is 14.2 Å². The van der Waals surface area contributed by atoms with Crippen LogP contribution in [-0.4, -0.2) is 12.7 Å². The van der Waals surface area contributed by atoms with Crippen molar-refractivity contribution >= 4 is 5.91 Å². The lowest BCUT2D eigenvalue weighted by Crippen LogP contribution is -2.23. The number of amides is 1. The van der Waals surface area contributed by atoms with Crippen molar-refractivity contribution in [1.82, 2.24) is 5.32 Å². The van der Waals surface area contributed by atoms with Crippen LogP contribution in [0.15, 0.2) is 72.8 Å². The average Bonchev–Trinajstić information content (AvgIpc) is 3.21. The molecule has 0 unspecified atom stereocenters. The molecule has 1 N–H and O–H groups in total. The monoisotopic (exact) mass is 361 g/mol. The average molecular weight is 361 g/mol. The maximum absolute atomic E-state index is 12.4. The topological polar surface area (TPSA) is 56.8 Å². The molecular formula is C22H19NO4. The van der Waals surface area contributed by atoms with E-state index in [2.05, 4.69) is 5.32 Å². The SMILES string of the molecule is O=C(NCc1ccc(COc2ccccc2)cc1)c1cccc2c1OCO2. The van der Waals surface area contributed by atoms with Crippen molar-refractivity contribution in [2.45, 2.75) is 13.2 Å². The lowest BCUT2D eigenvalue weighted by molar-refractivity contribution is 0.0946. The van der Waals surface area contributed by atoms with Gasteiger partial charge in [-0.15, -0.1) is 0 Å². The highest BCUT2D eigenvalue weighted by molar-refractivity contribution is 5.97. The molecule has 1 heterocycles. The maximum atomic E-state index is 12.4. The maximum Gasteiger partial charge on any atom is 0.255 e. The van der Waals surface area contributed by atoms with Gasteiger partial charge in [0.1, 0.15) is 12.4 Å². The number of hydrogen-bond donors (Lipinski definition) is 1. The Morgan fingerprint density at radius 1 is 0.889 bits per heavy atom. The minimum Gasteiger partial charge on any atom is -0.489 e. The van der Waals surface area contributed by atoms with Crippen molar-refractivity contribution in [3.8, 4) is 17.2 Å². The van der Waals surface area contributed by atoms with E-state index in [9.17, 15) is 4.79 Å². The molecule has 5 nitrogen and oxygen atoms in total. The minimum absolute atomic E-state index is 0.145. The molecule has 136 valence electrons. The number of rotatable bonds is 6. The van der Waals surface area contributed by atoms with Crippen molar-refractivity contribution in [2.75, 3.05) is 6.79 Å². The van der Waals surface area contributed by atoms with Gasteiger partial charge in [-0.3, -0.25) is 4.79 Å². The first kappa shape index (κ1) is 17.0. The number of fused-ring (bicyclic) bond motifs is 1. The molecule has 0 bridgehead atoms. The molecule has 0 aliphatic carbocycles. The van der Waals surface area contributed by atoms with E-state index in [1.54, 1.807) is 18.2 Å². The molecular weight excluding hydrogens is 342 g/mol. The third-order valence-corrected chi connectivity index (χ3v) is 4.27. The summed E-state index contributed by atoms with van der Waals surface area (Å²) < 4.78 is 16.4. The molecule has 3 aromatic carbocycles. The first-order valence-corrected chi connectivity index (χ1v) is 8.72. The molecule has 0 saturated heterocycles. The van der Waals surface area contributed by atoms with Crippen LogP contribution < -0.4 is 19.5 Å². The molecule has 0 aromatic heterocycles. The largest absolute Gasteiger partial charge is 0.489 e. The van der Waals surface area contributed by atoms with Gasteiger partial charge in [-0.05, 0) is 35.4 Å². The fraction of sp³-hybridized carbons (Fsp3) is 0.136. The zero-order valence-electron chi connectivity index (χ0n) is 14.7. The van der Waals surface area contributed by atoms with Gasteiger partial charge in [0, 0.05) is 6.54 Å². The van der Waals surface area contributed by atoms with E-state index in [1.807, 2.05) is 54.6 Å². The molecule has 0 saturated carbocycles. The molecule has 4 rings (SSSR count). The van der Waals surface area contributed by atoms with Crippen LogP contribution in [0.3, 0.4) is 0 Å². The number of ether oxygens (including phenoxy) is 3. The summed E-state index contributed by atoms with van der Waals surface area (Å²) in [7, 11) is 0. The second kappa shape index (κ2) is 7.83. The van der Waals surface area contributed by atoms with Crippen LogP contribution in [0.1, 0.15) is 21.5 Å². The van der Waals surface area contributed by atoms with Crippen LogP contribution in [0, 0.1) is 0 Å². The van der Waals surface area contributed by atoms with E-state index in [-0.39, 0.29) is 12.7 Å². The van der Waals surface area contributed by atoms with Gasteiger partial charge in [0.25, 0.3) is 5.91 Å². The minimum atomic E-state index is -0.186. The van der Waals surface area contributed by atoms with Gasteiger partial charge >= 0.3 is 0 Å². The van der Waals surface area contributed by atoms with E-state index in [0.29, 0.717) is 30.2 Å². The Hall–Kier alpha value is -3.47. The standard InChI is InChI=1S/C22H19NO4/c24-22(19-7-4-8-20-21(19)27-15-26-20)23-13-16-9-11-17(12-10-16)14-25-18-5-2-1-3-6-18/h1-12H,13-15H2,(H,23,24). The Morgan fingerprint density at radius 2 is 1.67 bits per heavy atom. The highest BCUT2D eigenvalue weighted by Gasteiger charge is 2.21. The van der Waals surface area contributed by atoms with Gasteiger partial charge in [-0.2, -0.15) is 0 Å². The Morgan fingerprint density at radius 3 is 2.48 bits per heavy atom. The second-order valence-corrected chi connectivity index (χ2v) is 6.14. The molecule has 1 aliphatic rings. The molecule has 1 amide bonds. The summed E-state index contributed by atoms with van der Waals surface area (Å²) in [6.07, 6.45) is 0. The summed E-state index contributed by atoms with van der Waals surface area (Å²) in [5.41, 5.74) is 2.56. The van der Waals surface area contributed by atoms with Crippen molar-refractivity contribution in [1.29, 1.82) is 0 Å². The Labute approximate surface area is 157 Å². The second-order valence-electron chi connectivity index (χ2n) is 6.14.